The number of morpholine rings is 1. The minimum Gasteiger partial charge on any atom is -0.494 e. The second kappa shape index (κ2) is 9.08. The first kappa shape index (κ1) is 22.4. The standard InChI is InChI=1S/C25H29N5O4/c1-4-29-13-16-10-19(24(27-20(16)14-29)30-5-7-34-8-6-30)25(32)26-17-11-18-15(2)9-22(31)28-23(18)21(12-17)33-3/h9-12H,4-8,13-14H2,1-3H3,(H,26,32)(H,28,31). The predicted molar refractivity (Wildman–Crippen MR) is 131 cm³/mol. The summed E-state index contributed by atoms with van der Waals surface area (Å²) in [6.07, 6.45) is 0. The third kappa shape index (κ3) is 4.12. The molecule has 2 N–H and O–H groups in total. The van der Waals surface area contributed by atoms with Crippen molar-refractivity contribution < 1.29 is 14.3 Å². The maximum absolute atomic E-state index is 13.6. The highest BCUT2D eigenvalue weighted by atomic mass is 16.5. The van der Waals surface area contributed by atoms with E-state index in [1.165, 1.54) is 6.07 Å². The number of benzene rings is 1. The lowest BCUT2D eigenvalue weighted by Gasteiger charge is -2.29. The molecule has 0 spiro atoms. The number of H-pyrrole nitrogens is 1. The molecule has 0 radical (unpaired) electrons. The highest BCUT2D eigenvalue weighted by Crippen LogP contribution is 2.32. The van der Waals surface area contributed by atoms with Crippen LogP contribution in [0.2, 0.25) is 0 Å². The molecule has 2 aliphatic heterocycles. The molecule has 4 heterocycles. The van der Waals surface area contributed by atoms with Crippen LogP contribution in [-0.2, 0) is 17.8 Å². The molecule has 0 aliphatic carbocycles. The summed E-state index contributed by atoms with van der Waals surface area (Å²) in [6.45, 7) is 9.13. The summed E-state index contributed by atoms with van der Waals surface area (Å²) in [5, 5.41) is 3.85. The SMILES string of the molecule is CCN1Cc2cc(C(=O)Nc3cc(OC)c4[nH]c(=O)cc(C)c4c3)c(N3CCOCC3)nc2C1. The van der Waals surface area contributed by atoms with Gasteiger partial charge in [-0.05, 0) is 36.7 Å². The summed E-state index contributed by atoms with van der Waals surface area (Å²) >= 11 is 0. The number of anilines is 2. The molecule has 178 valence electrons. The van der Waals surface area contributed by atoms with Gasteiger partial charge < -0.3 is 24.7 Å². The average Bonchev–Trinajstić information content (AvgIpc) is 3.26. The first-order chi connectivity index (χ1) is 16.5. The molecular weight excluding hydrogens is 434 g/mol. The minimum atomic E-state index is -0.227. The molecule has 1 amide bonds. The van der Waals surface area contributed by atoms with Crippen molar-refractivity contribution in [2.24, 2.45) is 0 Å². The number of ether oxygens (including phenoxy) is 2. The zero-order chi connectivity index (χ0) is 23.8. The lowest BCUT2D eigenvalue weighted by atomic mass is 10.1. The maximum Gasteiger partial charge on any atom is 0.259 e. The number of nitrogens with zero attached hydrogens (tertiary/aromatic N) is 3. The number of methoxy groups -OCH3 is 1. The Morgan fingerprint density at radius 1 is 1.21 bits per heavy atom. The predicted octanol–water partition coefficient (Wildman–Crippen LogP) is 2.66. The van der Waals surface area contributed by atoms with Gasteiger partial charge in [-0.3, -0.25) is 14.5 Å². The first-order valence-electron chi connectivity index (χ1n) is 11.6. The van der Waals surface area contributed by atoms with Crippen molar-refractivity contribution in [3.8, 4) is 5.75 Å². The van der Waals surface area contributed by atoms with Crippen LogP contribution in [-0.4, -0.2) is 60.7 Å². The van der Waals surface area contributed by atoms with Crippen LogP contribution in [0, 0.1) is 6.92 Å². The first-order valence-corrected chi connectivity index (χ1v) is 11.6. The summed E-state index contributed by atoms with van der Waals surface area (Å²) in [5.74, 6) is 0.966. The second-order valence-corrected chi connectivity index (χ2v) is 8.74. The number of hydrogen-bond donors (Lipinski definition) is 2. The molecule has 0 unspecified atom stereocenters. The van der Waals surface area contributed by atoms with Crippen LogP contribution in [0.15, 0.2) is 29.1 Å². The van der Waals surface area contributed by atoms with E-state index in [1.54, 1.807) is 13.2 Å². The van der Waals surface area contributed by atoms with Crippen LogP contribution in [0.25, 0.3) is 10.9 Å². The molecule has 2 aromatic heterocycles. The highest BCUT2D eigenvalue weighted by molar-refractivity contribution is 6.09. The van der Waals surface area contributed by atoms with Gasteiger partial charge in [0, 0.05) is 49.4 Å². The third-order valence-electron chi connectivity index (χ3n) is 6.54. The van der Waals surface area contributed by atoms with Gasteiger partial charge in [0.2, 0.25) is 5.56 Å². The molecule has 0 bridgehead atoms. The lowest BCUT2D eigenvalue weighted by molar-refractivity contribution is 0.102. The molecule has 0 saturated carbocycles. The van der Waals surface area contributed by atoms with Crippen LogP contribution >= 0.6 is 0 Å². The second-order valence-electron chi connectivity index (χ2n) is 8.74. The fraction of sp³-hybridized carbons (Fsp3) is 0.400. The normalized spacial score (nSPS) is 16.0. The number of hydrogen-bond acceptors (Lipinski definition) is 7. The largest absolute Gasteiger partial charge is 0.494 e. The van der Waals surface area contributed by atoms with Gasteiger partial charge in [0.25, 0.3) is 5.91 Å². The quantitative estimate of drug-likeness (QED) is 0.600. The van der Waals surface area contributed by atoms with Crippen LogP contribution in [0.1, 0.15) is 34.1 Å². The molecule has 3 aromatic rings. The number of carbonyl (C=O) groups excluding carboxylic acids is 1. The van der Waals surface area contributed by atoms with Gasteiger partial charge in [0.1, 0.15) is 11.6 Å². The number of nitrogens with one attached hydrogen (secondary N) is 2. The Labute approximate surface area is 197 Å². The molecule has 1 fully saturated rings. The number of fused-ring (bicyclic) bond motifs is 2. The minimum absolute atomic E-state index is 0.194. The van der Waals surface area contributed by atoms with E-state index in [1.807, 2.05) is 19.1 Å². The van der Waals surface area contributed by atoms with Crippen molar-refractivity contribution in [3.63, 3.8) is 0 Å². The molecule has 2 aliphatic rings. The Morgan fingerprint density at radius 3 is 2.74 bits per heavy atom. The number of pyridine rings is 2. The number of aromatic nitrogens is 2. The summed E-state index contributed by atoms with van der Waals surface area (Å²) in [6, 6.07) is 7.10. The van der Waals surface area contributed by atoms with Crippen LogP contribution in [0.4, 0.5) is 11.5 Å². The molecule has 1 aromatic carbocycles. The molecule has 9 heteroatoms. The van der Waals surface area contributed by atoms with E-state index in [4.69, 9.17) is 14.5 Å². The number of rotatable bonds is 5. The van der Waals surface area contributed by atoms with Gasteiger partial charge in [-0.25, -0.2) is 4.98 Å². The molecular formula is C25H29N5O4. The van der Waals surface area contributed by atoms with Gasteiger partial charge >= 0.3 is 0 Å². The molecule has 9 nitrogen and oxygen atoms in total. The van der Waals surface area contributed by atoms with E-state index >= 15 is 0 Å². The van der Waals surface area contributed by atoms with Crippen molar-refractivity contribution in [3.05, 3.63) is 57.0 Å². The van der Waals surface area contributed by atoms with Gasteiger partial charge in [-0.1, -0.05) is 6.92 Å². The molecule has 1 saturated heterocycles. The van der Waals surface area contributed by atoms with E-state index in [2.05, 4.69) is 27.0 Å². The average molecular weight is 464 g/mol. The summed E-state index contributed by atoms with van der Waals surface area (Å²) in [4.78, 5) is 37.7. The summed E-state index contributed by atoms with van der Waals surface area (Å²) < 4.78 is 11.0. The Morgan fingerprint density at radius 2 is 2.00 bits per heavy atom. The van der Waals surface area contributed by atoms with E-state index in [0.29, 0.717) is 54.6 Å². The highest BCUT2D eigenvalue weighted by Gasteiger charge is 2.27. The Balaban J connectivity index is 1.53. The molecule has 5 rings (SSSR count). The Kier molecular flexibility index (Phi) is 5.97. The van der Waals surface area contributed by atoms with Crippen molar-refractivity contribution in [2.45, 2.75) is 26.9 Å². The topological polar surface area (TPSA) is 99.8 Å². The van der Waals surface area contributed by atoms with Crippen LogP contribution < -0.4 is 20.5 Å². The molecule has 34 heavy (non-hydrogen) atoms. The van der Waals surface area contributed by atoms with Crippen molar-refractivity contribution in [1.29, 1.82) is 0 Å². The fourth-order valence-corrected chi connectivity index (χ4v) is 4.69. The zero-order valence-electron chi connectivity index (χ0n) is 19.7. The Bertz CT molecular complexity index is 1310. The summed E-state index contributed by atoms with van der Waals surface area (Å²) in [5.41, 5.74) is 4.49. The maximum atomic E-state index is 13.6. The lowest BCUT2D eigenvalue weighted by Crippen LogP contribution is -2.38. The summed E-state index contributed by atoms with van der Waals surface area (Å²) in [7, 11) is 1.54. The Hall–Kier alpha value is -3.43. The van der Waals surface area contributed by atoms with Gasteiger partial charge in [-0.15, -0.1) is 0 Å². The molecule has 0 atom stereocenters. The van der Waals surface area contributed by atoms with Crippen molar-refractivity contribution in [1.82, 2.24) is 14.9 Å². The van der Waals surface area contributed by atoms with E-state index in [9.17, 15) is 9.59 Å². The number of aryl methyl sites for hydroxylation is 1. The number of amides is 1. The van der Waals surface area contributed by atoms with Crippen LogP contribution in [0.5, 0.6) is 5.75 Å². The van der Waals surface area contributed by atoms with E-state index in [-0.39, 0.29) is 11.5 Å². The van der Waals surface area contributed by atoms with E-state index < -0.39 is 0 Å². The van der Waals surface area contributed by atoms with Gasteiger partial charge in [0.15, 0.2) is 0 Å². The van der Waals surface area contributed by atoms with Crippen molar-refractivity contribution >= 4 is 28.3 Å². The van der Waals surface area contributed by atoms with Gasteiger partial charge in [0.05, 0.1) is 37.1 Å². The van der Waals surface area contributed by atoms with Gasteiger partial charge in [-0.2, -0.15) is 0 Å². The third-order valence-corrected chi connectivity index (χ3v) is 6.54. The number of carbonyl (C=O) groups is 1. The van der Waals surface area contributed by atoms with E-state index in [0.717, 1.165) is 41.8 Å². The monoisotopic (exact) mass is 463 g/mol. The fourth-order valence-electron chi connectivity index (χ4n) is 4.69. The van der Waals surface area contributed by atoms with Crippen LogP contribution in [0.3, 0.4) is 0 Å². The smallest absolute Gasteiger partial charge is 0.259 e. The zero-order valence-corrected chi connectivity index (χ0v) is 19.7. The van der Waals surface area contributed by atoms with Crippen molar-refractivity contribution in [2.75, 3.05) is 50.2 Å². The number of aromatic amines is 1.